The van der Waals surface area contributed by atoms with Gasteiger partial charge in [0, 0.05) is 36.6 Å². The normalized spacial score (nSPS) is 14.8. The summed E-state index contributed by atoms with van der Waals surface area (Å²) in [6.07, 6.45) is 5.23. The van der Waals surface area contributed by atoms with Crippen molar-refractivity contribution in [2.45, 2.75) is 25.8 Å². The maximum absolute atomic E-state index is 13.5. The molecule has 0 spiro atoms. The number of morpholine rings is 1. The number of H-pyrrole nitrogens is 2. The van der Waals surface area contributed by atoms with E-state index in [4.69, 9.17) is 9.72 Å². The molecule has 0 radical (unpaired) electrons. The molecule has 2 aromatic carbocycles. The molecule has 0 bridgehead atoms. The monoisotopic (exact) mass is 495 g/mol. The molecule has 0 unspecified atom stereocenters. The highest BCUT2D eigenvalue weighted by molar-refractivity contribution is 5.99. The fourth-order valence-corrected chi connectivity index (χ4v) is 4.97. The molecule has 1 atom stereocenters. The van der Waals surface area contributed by atoms with E-state index < -0.39 is 0 Å². The number of pyridine rings is 1. The lowest BCUT2D eigenvalue weighted by atomic mass is 10.1. The summed E-state index contributed by atoms with van der Waals surface area (Å²) >= 11 is 0. The van der Waals surface area contributed by atoms with Gasteiger partial charge in [0.2, 0.25) is 0 Å². The Kier molecular flexibility index (Phi) is 6.28. The summed E-state index contributed by atoms with van der Waals surface area (Å²) < 4.78 is 5.50. The van der Waals surface area contributed by atoms with Crippen LogP contribution >= 0.6 is 0 Å². The molecule has 0 amide bonds. The first-order valence-electron chi connectivity index (χ1n) is 12.7. The molecule has 37 heavy (non-hydrogen) atoms. The fourth-order valence-electron chi connectivity index (χ4n) is 4.97. The van der Waals surface area contributed by atoms with Crippen molar-refractivity contribution < 1.29 is 4.74 Å². The molecule has 3 N–H and O–H groups in total. The number of hydrogen-bond donors (Lipinski definition) is 3. The lowest BCUT2D eigenvalue weighted by molar-refractivity contribution is 0.122. The van der Waals surface area contributed by atoms with Crippen molar-refractivity contribution in [3.05, 3.63) is 77.1 Å². The summed E-state index contributed by atoms with van der Waals surface area (Å²) in [5.41, 5.74) is 4.54. The third-order valence-corrected chi connectivity index (χ3v) is 6.79. The minimum absolute atomic E-state index is 0.160. The molecule has 0 aliphatic carbocycles. The van der Waals surface area contributed by atoms with Crippen LogP contribution < -0.4 is 15.8 Å². The smallest absolute Gasteiger partial charge is 0.261 e. The van der Waals surface area contributed by atoms with Crippen LogP contribution in [0, 0.1) is 0 Å². The van der Waals surface area contributed by atoms with Crippen molar-refractivity contribution in [2.75, 3.05) is 36.5 Å². The zero-order chi connectivity index (χ0) is 25.2. The van der Waals surface area contributed by atoms with Gasteiger partial charge >= 0.3 is 0 Å². The molecule has 1 aliphatic heterocycles. The maximum atomic E-state index is 13.5. The number of aromatic amines is 2. The van der Waals surface area contributed by atoms with Gasteiger partial charge in [0.1, 0.15) is 17.2 Å². The zero-order valence-electron chi connectivity index (χ0n) is 20.7. The number of hydrogen-bond acceptors (Lipinski definition) is 7. The summed E-state index contributed by atoms with van der Waals surface area (Å²) in [5.74, 6) is 1.22. The molecular formula is C28H29N7O2. The highest BCUT2D eigenvalue weighted by Crippen LogP contribution is 2.34. The molecule has 9 nitrogen and oxygen atoms in total. The number of imidazole rings is 1. The van der Waals surface area contributed by atoms with Crippen LogP contribution in [0.5, 0.6) is 0 Å². The Morgan fingerprint density at radius 1 is 1.03 bits per heavy atom. The van der Waals surface area contributed by atoms with Crippen LogP contribution in [0.4, 0.5) is 11.4 Å². The second kappa shape index (κ2) is 10.0. The topological polar surface area (TPSA) is 112 Å². The van der Waals surface area contributed by atoms with Crippen molar-refractivity contribution in [2.24, 2.45) is 0 Å². The Morgan fingerprint density at radius 3 is 2.65 bits per heavy atom. The third kappa shape index (κ3) is 4.53. The van der Waals surface area contributed by atoms with Gasteiger partial charge in [-0.3, -0.25) is 4.79 Å². The predicted molar refractivity (Wildman–Crippen MR) is 146 cm³/mol. The van der Waals surface area contributed by atoms with Crippen molar-refractivity contribution in [3.63, 3.8) is 0 Å². The fraction of sp³-hybridized carbons (Fsp3) is 0.286. The van der Waals surface area contributed by atoms with Gasteiger partial charge in [-0.25, -0.2) is 15.0 Å². The second-order valence-electron chi connectivity index (χ2n) is 9.23. The van der Waals surface area contributed by atoms with Crippen molar-refractivity contribution in [3.8, 4) is 11.4 Å². The minimum Gasteiger partial charge on any atom is -0.378 e. The summed E-state index contributed by atoms with van der Waals surface area (Å²) in [6.45, 7) is 5.27. The van der Waals surface area contributed by atoms with Crippen molar-refractivity contribution in [1.29, 1.82) is 0 Å². The van der Waals surface area contributed by atoms with Crippen LogP contribution in [-0.2, 0) is 4.74 Å². The third-order valence-electron chi connectivity index (χ3n) is 6.79. The van der Waals surface area contributed by atoms with Crippen LogP contribution in [0.1, 0.15) is 31.6 Å². The van der Waals surface area contributed by atoms with Gasteiger partial charge in [0.15, 0.2) is 0 Å². The van der Waals surface area contributed by atoms with Crippen LogP contribution in [-0.4, -0.2) is 51.2 Å². The summed E-state index contributed by atoms with van der Waals surface area (Å²) in [6, 6.07) is 15.6. The molecule has 5 aromatic rings. The van der Waals surface area contributed by atoms with E-state index in [2.05, 4.69) is 49.2 Å². The number of benzene rings is 2. The molecule has 1 fully saturated rings. The Hall–Kier alpha value is -4.24. The number of nitrogens with one attached hydrogen (secondary N) is 3. The first-order valence-corrected chi connectivity index (χ1v) is 12.7. The van der Waals surface area contributed by atoms with Gasteiger partial charge in [-0.05, 0) is 36.8 Å². The summed E-state index contributed by atoms with van der Waals surface area (Å²) in [4.78, 5) is 36.1. The average molecular weight is 496 g/mol. The quantitative estimate of drug-likeness (QED) is 0.301. The van der Waals surface area contributed by atoms with E-state index >= 15 is 0 Å². The van der Waals surface area contributed by atoms with E-state index in [-0.39, 0.29) is 11.6 Å². The average Bonchev–Trinajstić information content (AvgIpc) is 3.36. The van der Waals surface area contributed by atoms with Crippen LogP contribution in [0.25, 0.3) is 33.3 Å². The minimum atomic E-state index is -0.210. The Morgan fingerprint density at radius 2 is 1.84 bits per heavy atom. The van der Waals surface area contributed by atoms with Crippen molar-refractivity contribution in [1.82, 2.24) is 24.9 Å². The lowest BCUT2D eigenvalue weighted by Gasteiger charge is -2.28. The van der Waals surface area contributed by atoms with E-state index in [0.717, 1.165) is 72.5 Å². The number of para-hydroxylation sites is 1. The Balaban J connectivity index is 1.48. The van der Waals surface area contributed by atoms with E-state index in [9.17, 15) is 4.79 Å². The highest BCUT2D eigenvalue weighted by Gasteiger charge is 2.22. The first kappa shape index (κ1) is 23.2. The number of fused-ring (bicyclic) bond motifs is 2. The first-order chi connectivity index (χ1) is 18.2. The van der Waals surface area contributed by atoms with Gasteiger partial charge in [-0.1, -0.05) is 31.5 Å². The second-order valence-corrected chi connectivity index (χ2v) is 9.23. The van der Waals surface area contributed by atoms with Gasteiger partial charge in [-0.2, -0.15) is 0 Å². The molecular weight excluding hydrogens is 466 g/mol. The Bertz CT molecular complexity index is 1590. The molecule has 9 heteroatoms. The summed E-state index contributed by atoms with van der Waals surface area (Å²) in [7, 11) is 0. The van der Waals surface area contributed by atoms with Gasteiger partial charge in [0.05, 0.1) is 41.5 Å². The van der Waals surface area contributed by atoms with Crippen molar-refractivity contribution >= 4 is 33.3 Å². The molecule has 4 heterocycles. The van der Waals surface area contributed by atoms with E-state index in [0.29, 0.717) is 17.2 Å². The maximum Gasteiger partial charge on any atom is 0.261 e. The number of rotatable bonds is 7. The van der Waals surface area contributed by atoms with Crippen LogP contribution in [0.3, 0.4) is 0 Å². The van der Waals surface area contributed by atoms with E-state index in [1.54, 1.807) is 18.5 Å². The Labute approximate surface area is 213 Å². The number of anilines is 2. The number of ether oxygens (including phenoxy) is 1. The van der Waals surface area contributed by atoms with Gasteiger partial charge < -0.3 is 24.9 Å². The standard InChI is InChI=1S/C28H29N7O2/c1-2-6-22(26-29-11-5-12-30-26)31-25-19-7-3-4-8-20(19)34-28(36)24(25)27-32-21-10-9-18(17-23(21)33-27)35-13-15-37-16-14-35/h3-5,7-12,17,22H,2,6,13-16H2,1H3,(H,32,33)(H2,31,34,36)/t22-/m0/s1. The molecule has 6 rings (SSSR count). The SMILES string of the molecule is CCC[C@H](Nc1c(-c2nc3ccc(N4CCOCC4)cc3[nH]2)c(=O)[nH]c2ccccc12)c1ncccn1. The molecule has 0 saturated carbocycles. The predicted octanol–water partition coefficient (Wildman–Crippen LogP) is 4.65. The molecule has 3 aromatic heterocycles. The summed E-state index contributed by atoms with van der Waals surface area (Å²) in [5, 5.41) is 4.53. The molecule has 188 valence electrons. The van der Waals surface area contributed by atoms with Gasteiger partial charge in [0.25, 0.3) is 5.56 Å². The van der Waals surface area contributed by atoms with E-state index in [1.807, 2.05) is 30.3 Å². The zero-order valence-corrected chi connectivity index (χ0v) is 20.7. The van der Waals surface area contributed by atoms with Crippen LogP contribution in [0.2, 0.25) is 0 Å². The largest absolute Gasteiger partial charge is 0.378 e. The van der Waals surface area contributed by atoms with Gasteiger partial charge in [-0.15, -0.1) is 0 Å². The molecule has 1 aliphatic rings. The van der Waals surface area contributed by atoms with E-state index in [1.165, 1.54) is 0 Å². The number of nitrogens with zero attached hydrogens (tertiary/aromatic N) is 4. The lowest BCUT2D eigenvalue weighted by Crippen LogP contribution is -2.36. The number of aromatic nitrogens is 5. The molecule has 1 saturated heterocycles. The highest BCUT2D eigenvalue weighted by atomic mass is 16.5. The van der Waals surface area contributed by atoms with Crippen LogP contribution in [0.15, 0.2) is 65.7 Å².